The summed E-state index contributed by atoms with van der Waals surface area (Å²) < 4.78 is 5.51. The number of rotatable bonds is 3. The van der Waals surface area contributed by atoms with E-state index >= 15 is 0 Å². The zero-order chi connectivity index (χ0) is 12.3. The van der Waals surface area contributed by atoms with Crippen LogP contribution in [0.3, 0.4) is 0 Å². The molecule has 0 bridgehead atoms. The maximum atomic E-state index is 11.1. The van der Waals surface area contributed by atoms with E-state index in [2.05, 4.69) is 4.98 Å². The van der Waals surface area contributed by atoms with Gasteiger partial charge in [-0.2, -0.15) is 0 Å². The van der Waals surface area contributed by atoms with Crippen LogP contribution < -0.4 is 10.5 Å². The van der Waals surface area contributed by atoms with Crippen molar-refractivity contribution >= 4 is 17.5 Å². The Kier molecular flexibility index (Phi) is 3.25. The summed E-state index contributed by atoms with van der Waals surface area (Å²) in [7, 11) is 0. The van der Waals surface area contributed by atoms with Crippen molar-refractivity contribution in [2.24, 2.45) is 5.73 Å². The van der Waals surface area contributed by atoms with Crippen LogP contribution in [0.1, 0.15) is 10.5 Å². The number of nitrogens with zero attached hydrogens (tertiary/aromatic N) is 1. The van der Waals surface area contributed by atoms with Crippen LogP contribution in [-0.2, 0) is 0 Å². The van der Waals surface area contributed by atoms with E-state index in [-0.39, 0.29) is 11.4 Å². The molecule has 0 unspecified atom stereocenters. The van der Waals surface area contributed by atoms with Crippen molar-refractivity contribution in [3.8, 4) is 11.5 Å². The molecular weight excluding hydrogens is 240 g/mol. The summed E-state index contributed by atoms with van der Waals surface area (Å²) in [4.78, 5) is 15.0. The largest absolute Gasteiger partial charge is 0.453 e. The monoisotopic (exact) mass is 248 g/mol. The van der Waals surface area contributed by atoms with E-state index in [1.54, 1.807) is 36.4 Å². The highest BCUT2D eigenvalue weighted by molar-refractivity contribution is 6.32. The lowest BCUT2D eigenvalue weighted by molar-refractivity contribution is 0.0993. The summed E-state index contributed by atoms with van der Waals surface area (Å²) in [5, 5.41) is 0.451. The Morgan fingerprint density at radius 2 is 1.88 bits per heavy atom. The Labute approximate surface area is 103 Å². The molecule has 86 valence electrons. The molecule has 5 heteroatoms. The van der Waals surface area contributed by atoms with Gasteiger partial charge in [0.15, 0.2) is 11.4 Å². The van der Waals surface area contributed by atoms with Gasteiger partial charge in [-0.05, 0) is 24.3 Å². The Morgan fingerprint density at radius 3 is 2.59 bits per heavy atom. The zero-order valence-electron chi connectivity index (χ0n) is 8.76. The van der Waals surface area contributed by atoms with Gasteiger partial charge in [-0.3, -0.25) is 4.79 Å². The van der Waals surface area contributed by atoms with Crippen LogP contribution in [0.5, 0.6) is 11.5 Å². The number of hydrogen-bond acceptors (Lipinski definition) is 3. The number of para-hydroxylation sites is 1. The molecule has 0 aliphatic carbocycles. The highest BCUT2D eigenvalue weighted by atomic mass is 35.5. The summed E-state index contributed by atoms with van der Waals surface area (Å²) in [6.07, 6.45) is 1.47. The van der Waals surface area contributed by atoms with Crippen molar-refractivity contribution in [1.82, 2.24) is 4.98 Å². The van der Waals surface area contributed by atoms with Crippen LogP contribution in [0.25, 0.3) is 0 Å². The molecule has 1 aromatic heterocycles. The summed E-state index contributed by atoms with van der Waals surface area (Å²) in [6, 6.07) is 10.2. The average molecular weight is 249 g/mol. The number of ether oxygens (including phenoxy) is 1. The summed E-state index contributed by atoms with van der Waals surface area (Å²) in [5.41, 5.74) is 5.27. The Morgan fingerprint density at radius 1 is 1.18 bits per heavy atom. The second-order valence-electron chi connectivity index (χ2n) is 3.25. The number of benzene rings is 1. The molecule has 0 saturated heterocycles. The Hall–Kier alpha value is -2.07. The van der Waals surface area contributed by atoms with E-state index < -0.39 is 5.91 Å². The predicted octanol–water partition coefficient (Wildman–Crippen LogP) is 2.63. The first kappa shape index (κ1) is 11.4. The third-order valence-corrected chi connectivity index (χ3v) is 2.37. The molecule has 2 rings (SSSR count). The highest BCUT2D eigenvalue weighted by Crippen LogP contribution is 2.29. The van der Waals surface area contributed by atoms with Crippen LogP contribution >= 0.6 is 11.6 Å². The van der Waals surface area contributed by atoms with Crippen LogP contribution in [0.15, 0.2) is 42.6 Å². The molecule has 1 aromatic carbocycles. The van der Waals surface area contributed by atoms with Gasteiger partial charge < -0.3 is 10.5 Å². The van der Waals surface area contributed by atoms with Crippen molar-refractivity contribution in [1.29, 1.82) is 0 Å². The molecular formula is C12H9ClN2O2. The normalized spacial score (nSPS) is 9.94. The lowest BCUT2D eigenvalue weighted by Crippen LogP contribution is -2.14. The maximum Gasteiger partial charge on any atom is 0.271 e. The number of halogens is 1. The first-order valence-corrected chi connectivity index (χ1v) is 5.23. The van der Waals surface area contributed by atoms with Crippen molar-refractivity contribution in [3.05, 3.63) is 53.3 Å². The van der Waals surface area contributed by atoms with Gasteiger partial charge in [0.05, 0.1) is 5.02 Å². The van der Waals surface area contributed by atoms with Gasteiger partial charge in [-0.25, -0.2) is 4.98 Å². The summed E-state index contributed by atoms with van der Waals surface area (Å²) in [6.45, 7) is 0. The third-order valence-electron chi connectivity index (χ3n) is 2.06. The number of pyridine rings is 1. The topological polar surface area (TPSA) is 65.2 Å². The number of hydrogen-bond donors (Lipinski definition) is 1. The predicted molar refractivity (Wildman–Crippen MR) is 64.3 cm³/mol. The molecule has 1 heterocycles. The number of amides is 1. The van der Waals surface area contributed by atoms with Crippen LogP contribution in [0.4, 0.5) is 0 Å². The fourth-order valence-corrected chi connectivity index (χ4v) is 1.48. The van der Waals surface area contributed by atoms with Crippen molar-refractivity contribution in [2.45, 2.75) is 0 Å². The SMILES string of the molecule is NC(=O)c1ncccc1Oc1ccccc1Cl. The summed E-state index contributed by atoms with van der Waals surface area (Å²) >= 11 is 5.94. The molecule has 2 N–H and O–H groups in total. The van der Waals surface area contributed by atoms with Gasteiger partial charge in [-0.1, -0.05) is 23.7 Å². The molecule has 0 aliphatic rings. The van der Waals surface area contributed by atoms with Gasteiger partial charge in [0.2, 0.25) is 0 Å². The number of primary amides is 1. The Bertz CT molecular complexity index is 558. The molecule has 1 amide bonds. The minimum Gasteiger partial charge on any atom is -0.453 e. The molecule has 0 aliphatic heterocycles. The van der Waals surface area contributed by atoms with E-state index in [0.29, 0.717) is 10.8 Å². The van der Waals surface area contributed by atoms with Crippen molar-refractivity contribution in [2.75, 3.05) is 0 Å². The van der Waals surface area contributed by atoms with Gasteiger partial charge in [0, 0.05) is 6.20 Å². The van der Waals surface area contributed by atoms with E-state index in [9.17, 15) is 4.79 Å². The van der Waals surface area contributed by atoms with Crippen molar-refractivity contribution in [3.63, 3.8) is 0 Å². The van der Waals surface area contributed by atoms with Crippen LogP contribution in [-0.4, -0.2) is 10.9 Å². The maximum absolute atomic E-state index is 11.1. The van der Waals surface area contributed by atoms with E-state index in [1.807, 2.05) is 0 Å². The third kappa shape index (κ3) is 2.54. The lowest BCUT2D eigenvalue weighted by atomic mass is 10.3. The quantitative estimate of drug-likeness (QED) is 0.908. The van der Waals surface area contributed by atoms with E-state index in [0.717, 1.165) is 0 Å². The minimum atomic E-state index is -0.646. The van der Waals surface area contributed by atoms with Crippen LogP contribution in [0, 0.1) is 0 Å². The van der Waals surface area contributed by atoms with E-state index in [4.69, 9.17) is 22.1 Å². The number of aromatic nitrogens is 1. The molecule has 0 saturated carbocycles. The molecule has 4 nitrogen and oxygen atoms in total. The second kappa shape index (κ2) is 4.84. The van der Waals surface area contributed by atoms with Crippen molar-refractivity contribution < 1.29 is 9.53 Å². The number of nitrogens with two attached hydrogens (primary N) is 1. The first-order valence-electron chi connectivity index (χ1n) is 4.85. The summed E-state index contributed by atoms with van der Waals surface area (Å²) in [5.74, 6) is 0.0884. The first-order chi connectivity index (χ1) is 8.18. The van der Waals surface area contributed by atoms with Gasteiger partial charge in [0.1, 0.15) is 5.75 Å². The number of carbonyl (C=O) groups is 1. The van der Waals surface area contributed by atoms with Gasteiger partial charge in [-0.15, -0.1) is 0 Å². The van der Waals surface area contributed by atoms with Gasteiger partial charge in [0.25, 0.3) is 5.91 Å². The highest BCUT2D eigenvalue weighted by Gasteiger charge is 2.12. The molecule has 0 radical (unpaired) electrons. The fourth-order valence-electron chi connectivity index (χ4n) is 1.30. The number of carbonyl (C=O) groups excluding carboxylic acids is 1. The smallest absolute Gasteiger partial charge is 0.271 e. The van der Waals surface area contributed by atoms with E-state index in [1.165, 1.54) is 6.20 Å². The molecule has 0 fully saturated rings. The molecule has 0 spiro atoms. The molecule has 0 atom stereocenters. The minimum absolute atomic E-state index is 0.0763. The molecule has 2 aromatic rings. The Balaban J connectivity index is 2.37. The zero-order valence-corrected chi connectivity index (χ0v) is 9.52. The second-order valence-corrected chi connectivity index (χ2v) is 3.65. The lowest BCUT2D eigenvalue weighted by Gasteiger charge is -2.09. The average Bonchev–Trinajstić information content (AvgIpc) is 2.32. The fraction of sp³-hybridized carbons (Fsp3) is 0. The van der Waals surface area contributed by atoms with Gasteiger partial charge >= 0.3 is 0 Å². The molecule has 17 heavy (non-hydrogen) atoms. The standard InChI is InChI=1S/C12H9ClN2O2/c13-8-4-1-2-5-9(8)17-10-6-3-7-15-11(10)12(14)16/h1-7H,(H2,14,16). The van der Waals surface area contributed by atoms with Crippen LogP contribution in [0.2, 0.25) is 5.02 Å².